The van der Waals surface area contributed by atoms with Crippen LogP contribution in [0.5, 0.6) is 5.75 Å². The molecule has 2 fully saturated rings. The predicted octanol–water partition coefficient (Wildman–Crippen LogP) is 0.401. The average molecular weight is 423 g/mol. The minimum absolute atomic E-state index is 0.212. The Bertz CT molecular complexity index is 739. The summed E-state index contributed by atoms with van der Waals surface area (Å²) in [6.07, 6.45) is -4.46. The molecule has 2 aliphatic rings. The maximum Gasteiger partial charge on any atom is 0.231 e. The zero-order valence-electron chi connectivity index (χ0n) is 17.1. The lowest BCUT2D eigenvalue weighted by molar-refractivity contribution is -0.184. The number of carbonyl (C=O) groups is 2. The summed E-state index contributed by atoms with van der Waals surface area (Å²) in [6, 6.07) is 5.82. The van der Waals surface area contributed by atoms with Crippen molar-refractivity contribution < 1.29 is 39.1 Å². The van der Waals surface area contributed by atoms with Crippen LogP contribution < -0.4 is 10.1 Å². The number of aliphatic hydroxyl groups excluding tert-OH is 3. The Morgan fingerprint density at radius 2 is 1.77 bits per heavy atom. The van der Waals surface area contributed by atoms with Crippen molar-refractivity contribution in [2.75, 3.05) is 11.9 Å². The van der Waals surface area contributed by atoms with Crippen LogP contribution >= 0.6 is 0 Å². The third-order valence-corrected chi connectivity index (χ3v) is 5.33. The van der Waals surface area contributed by atoms with Crippen molar-refractivity contribution in [3.63, 3.8) is 0 Å². The van der Waals surface area contributed by atoms with Gasteiger partial charge in [0.2, 0.25) is 17.9 Å². The fourth-order valence-electron chi connectivity index (χ4n) is 3.65. The minimum atomic E-state index is -1.41. The maximum atomic E-state index is 11.8. The number of benzene rings is 1. The van der Waals surface area contributed by atoms with Crippen LogP contribution in [0.15, 0.2) is 24.3 Å². The van der Waals surface area contributed by atoms with Gasteiger partial charge in [0.05, 0.1) is 12.2 Å². The molecule has 4 N–H and O–H groups in total. The molecule has 0 spiro atoms. The molecule has 0 radical (unpaired) electrons. The number of hydrogen-bond acceptors (Lipinski definition) is 9. The van der Waals surface area contributed by atoms with Gasteiger partial charge in [0.15, 0.2) is 6.10 Å². The highest BCUT2D eigenvalue weighted by Gasteiger charge is 2.50. The van der Waals surface area contributed by atoms with Crippen LogP contribution in [0, 0.1) is 0 Å². The van der Waals surface area contributed by atoms with Gasteiger partial charge < -0.3 is 34.8 Å². The van der Waals surface area contributed by atoms with E-state index >= 15 is 0 Å². The number of hydrogen-bond donors (Lipinski definition) is 4. The highest BCUT2D eigenvalue weighted by molar-refractivity contribution is 6.49. The van der Waals surface area contributed by atoms with Gasteiger partial charge in [-0.2, -0.15) is 0 Å². The van der Waals surface area contributed by atoms with Gasteiger partial charge in [0, 0.05) is 18.7 Å². The molecule has 1 aliphatic heterocycles. The molecular formula is C21H29NO8. The van der Waals surface area contributed by atoms with Gasteiger partial charge in [0.1, 0.15) is 24.0 Å². The predicted molar refractivity (Wildman–Crippen MR) is 106 cm³/mol. The Morgan fingerprint density at radius 1 is 1.07 bits per heavy atom. The lowest BCUT2D eigenvalue weighted by Gasteiger charge is -2.33. The van der Waals surface area contributed by atoms with Gasteiger partial charge in [-0.1, -0.05) is 13.3 Å². The molecule has 166 valence electrons. The third-order valence-electron chi connectivity index (χ3n) is 5.33. The van der Waals surface area contributed by atoms with Crippen LogP contribution in [0.1, 0.15) is 33.1 Å². The first-order valence-corrected chi connectivity index (χ1v) is 10.3. The Hall–Kier alpha value is -2.04. The largest absolute Gasteiger partial charge is 0.462 e. The van der Waals surface area contributed by atoms with E-state index in [4.69, 9.17) is 14.2 Å². The number of ketones is 2. The van der Waals surface area contributed by atoms with Gasteiger partial charge in [-0.05, 0) is 37.6 Å². The highest BCUT2D eigenvalue weighted by atomic mass is 16.7. The molecule has 0 bridgehead atoms. The summed E-state index contributed by atoms with van der Waals surface area (Å²) in [4.78, 5) is 23.4. The first-order chi connectivity index (χ1) is 14.3. The highest BCUT2D eigenvalue weighted by Crippen LogP contribution is 2.27. The lowest BCUT2D eigenvalue weighted by Crippen LogP contribution is -2.62. The van der Waals surface area contributed by atoms with Crippen molar-refractivity contribution in [2.45, 2.75) is 76.0 Å². The van der Waals surface area contributed by atoms with Crippen molar-refractivity contribution in [3.8, 4) is 5.75 Å². The molecule has 0 amide bonds. The van der Waals surface area contributed by atoms with Gasteiger partial charge in [-0.3, -0.25) is 9.59 Å². The topological polar surface area (TPSA) is 135 Å². The van der Waals surface area contributed by atoms with E-state index in [-0.39, 0.29) is 12.5 Å². The monoisotopic (exact) mass is 423 g/mol. The molecule has 9 heteroatoms. The van der Waals surface area contributed by atoms with Crippen molar-refractivity contribution in [1.82, 2.24) is 0 Å². The first kappa shape index (κ1) is 22.6. The Morgan fingerprint density at radius 3 is 2.40 bits per heavy atom. The van der Waals surface area contributed by atoms with E-state index in [2.05, 4.69) is 5.32 Å². The normalized spacial score (nSPS) is 34.2. The summed E-state index contributed by atoms with van der Waals surface area (Å²) in [5, 5.41) is 33.5. The second-order valence-electron chi connectivity index (χ2n) is 7.57. The fraction of sp³-hybridized carbons (Fsp3) is 0.619. The average Bonchev–Trinajstić information content (AvgIpc) is 2.84. The fourth-order valence-corrected chi connectivity index (χ4v) is 3.65. The van der Waals surface area contributed by atoms with E-state index in [1.54, 1.807) is 31.2 Å². The number of carbonyl (C=O) groups excluding carboxylic acids is 2. The van der Waals surface area contributed by atoms with Crippen LogP contribution in [-0.4, -0.2) is 76.3 Å². The molecule has 7 unspecified atom stereocenters. The van der Waals surface area contributed by atoms with E-state index in [1.165, 1.54) is 0 Å². The van der Waals surface area contributed by atoms with Gasteiger partial charge in [-0.25, -0.2) is 0 Å². The van der Waals surface area contributed by atoms with E-state index in [0.29, 0.717) is 24.5 Å². The Kier molecular flexibility index (Phi) is 7.43. The SMILES string of the molecule is CCCC1CC(O)C(O)C(O)C(Oc2ccc(NC3C(=O)C(=O)C3OCC)cc2)O1. The molecule has 0 aromatic heterocycles. The number of nitrogens with one attached hydrogen (secondary N) is 1. The Labute approximate surface area is 174 Å². The van der Waals surface area contributed by atoms with Crippen molar-refractivity contribution in [3.05, 3.63) is 24.3 Å². The third kappa shape index (κ3) is 4.81. The van der Waals surface area contributed by atoms with Gasteiger partial charge >= 0.3 is 0 Å². The molecule has 7 atom stereocenters. The molecule has 1 aliphatic carbocycles. The first-order valence-electron chi connectivity index (χ1n) is 10.3. The molecule has 1 heterocycles. The maximum absolute atomic E-state index is 11.8. The molecule has 3 rings (SSSR count). The quantitative estimate of drug-likeness (QED) is 0.438. The van der Waals surface area contributed by atoms with Crippen molar-refractivity contribution >= 4 is 17.3 Å². The van der Waals surface area contributed by atoms with Crippen LogP contribution in [-0.2, 0) is 19.1 Å². The summed E-state index contributed by atoms with van der Waals surface area (Å²) in [5.74, 6) is -0.671. The number of Topliss-reactive ketones (excluding diaryl/α,β-unsaturated/α-hetero) is 2. The zero-order chi connectivity index (χ0) is 21.8. The number of aliphatic hydroxyl groups is 3. The summed E-state index contributed by atoms with van der Waals surface area (Å²) < 4.78 is 16.8. The van der Waals surface area contributed by atoms with Crippen molar-refractivity contribution in [2.24, 2.45) is 0 Å². The van der Waals surface area contributed by atoms with Crippen LogP contribution in [0.4, 0.5) is 5.69 Å². The lowest BCUT2D eigenvalue weighted by atomic mass is 9.85. The molecule has 9 nitrogen and oxygen atoms in total. The van der Waals surface area contributed by atoms with Crippen LogP contribution in [0.3, 0.4) is 0 Å². The number of rotatable bonds is 8. The van der Waals surface area contributed by atoms with E-state index < -0.39 is 48.3 Å². The van der Waals surface area contributed by atoms with Crippen LogP contribution in [0.2, 0.25) is 0 Å². The van der Waals surface area contributed by atoms with Gasteiger partial charge in [0.25, 0.3) is 0 Å². The smallest absolute Gasteiger partial charge is 0.231 e. The molecule has 30 heavy (non-hydrogen) atoms. The van der Waals surface area contributed by atoms with Crippen molar-refractivity contribution in [1.29, 1.82) is 0 Å². The van der Waals surface area contributed by atoms with Gasteiger partial charge in [-0.15, -0.1) is 0 Å². The zero-order valence-corrected chi connectivity index (χ0v) is 17.1. The second-order valence-corrected chi connectivity index (χ2v) is 7.57. The van der Waals surface area contributed by atoms with E-state index in [9.17, 15) is 24.9 Å². The summed E-state index contributed by atoms with van der Waals surface area (Å²) >= 11 is 0. The summed E-state index contributed by atoms with van der Waals surface area (Å²) in [6.45, 7) is 4.06. The molecule has 1 saturated heterocycles. The summed E-state index contributed by atoms with van der Waals surface area (Å²) in [5.41, 5.74) is 0.597. The van der Waals surface area contributed by atoms with E-state index in [1.807, 2.05) is 6.92 Å². The number of anilines is 1. The molecular weight excluding hydrogens is 394 g/mol. The van der Waals surface area contributed by atoms with Crippen LogP contribution in [0.25, 0.3) is 0 Å². The number of ether oxygens (including phenoxy) is 3. The Balaban J connectivity index is 1.64. The molecule has 1 aromatic rings. The summed E-state index contributed by atoms with van der Waals surface area (Å²) in [7, 11) is 0. The standard InChI is InChI=1S/C21H29NO8/c1-3-5-13-10-14(23)16(24)19(27)21(30-13)29-12-8-6-11(7-9-12)22-15-17(25)18(26)20(15)28-4-2/h6-9,13-16,19-24,27H,3-5,10H2,1-2H3. The second kappa shape index (κ2) is 9.84. The molecule has 1 aromatic carbocycles. The minimum Gasteiger partial charge on any atom is -0.462 e. The molecule has 1 saturated carbocycles. The van der Waals surface area contributed by atoms with E-state index in [0.717, 1.165) is 6.42 Å².